The second-order valence-electron chi connectivity index (χ2n) is 6.09. The van der Waals surface area contributed by atoms with E-state index in [2.05, 4.69) is 53.7 Å². The molecule has 25 heavy (non-hydrogen) atoms. The maximum absolute atomic E-state index is 13.7. The van der Waals surface area contributed by atoms with Gasteiger partial charge in [-0.2, -0.15) is 0 Å². The molecule has 134 valence electrons. The van der Waals surface area contributed by atoms with E-state index < -0.39 is 0 Å². The van der Waals surface area contributed by atoms with E-state index in [0.29, 0.717) is 18.4 Å². The summed E-state index contributed by atoms with van der Waals surface area (Å²) in [6.07, 6.45) is 0. The molecule has 0 aromatic heterocycles. The smallest absolute Gasteiger partial charge is 0.191 e. The van der Waals surface area contributed by atoms with Crippen molar-refractivity contribution >= 4 is 5.96 Å². The van der Waals surface area contributed by atoms with E-state index in [4.69, 9.17) is 4.74 Å². The van der Waals surface area contributed by atoms with Crippen molar-refractivity contribution < 1.29 is 9.13 Å². The summed E-state index contributed by atoms with van der Waals surface area (Å²) in [6.45, 7) is 5.52. The molecule has 0 amide bonds. The van der Waals surface area contributed by atoms with Gasteiger partial charge in [0.2, 0.25) is 0 Å². The Hall–Kier alpha value is -2.56. The second-order valence-corrected chi connectivity index (χ2v) is 6.09. The Balaban J connectivity index is 1.87. The van der Waals surface area contributed by atoms with Gasteiger partial charge in [0.1, 0.15) is 0 Å². The van der Waals surface area contributed by atoms with Gasteiger partial charge in [-0.3, -0.25) is 4.99 Å². The summed E-state index contributed by atoms with van der Waals surface area (Å²) in [6, 6.07) is 13.4. The molecule has 1 unspecified atom stereocenters. The van der Waals surface area contributed by atoms with Crippen molar-refractivity contribution in [2.75, 3.05) is 20.7 Å². The Kier molecular flexibility index (Phi) is 6.81. The highest BCUT2D eigenvalue weighted by atomic mass is 19.1. The zero-order chi connectivity index (χ0) is 18.2. The van der Waals surface area contributed by atoms with Crippen molar-refractivity contribution in [3.63, 3.8) is 0 Å². The number of nitrogens with zero attached hydrogens (tertiary/aromatic N) is 1. The van der Waals surface area contributed by atoms with Crippen LogP contribution >= 0.6 is 0 Å². The largest absolute Gasteiger partial charge is 0.494 e. The zero-order valence-electron chi connectivity index (χ0n) is 15.3. The van der Waals surface area contributed by atoms with Crippen molar-refractivity contribution in [1.82, 2.24) is 10.6 Å². The lowest BCUT2D eigenvalue weighted by molar-refractivity contribution is 0.386. The number of methoxy groups -OCH3 is 1. The lowest BCUT2D eigenvalue weighted by Gasteiger charge is -2.17. The minimum atomic E-state index is -0.363. The van der Waals surface area contributed by atoms with Crippen molar-refractivity contribution in [3.8, 4) is 5.75 Å². The van der Waals surface area contributed by atoms with Crippen LogP contribution in [0.1, 0.15) is 29.5 Å². The Bertz CT molecular complexity index is 731. The molecule has 0 aliphatic carbocycles. The fraction of sp³-hybridized carbons (Fsp3) is 0.350. The number of hydrogen-bond donors (Lipinski definition) is 2. The van der Waals surface area contributed by atoms with E-state index in [1.807, 2.05) is 6.07 Å². The Labute approximate surface area is 149 Å². The van der Waals surface area contributed by atoms with Crippen LogP contribution in [-0.2, 0) is 6.54 Å². The van der Waals surface area contributed by atoms with Crippen LogP contribution in [0.4, 0.5) is 4.39 Å². The highest BCUT2D eigenvalue weighted by Gasteiger charge is 2.08. The molecule has 2 aromatic carbocycles. The SMILES string of the molecule is CN=C(NCc1ccc(OC)c(F)c1)NCC(C)c1cccc(C)c1. The summed E-state index contributed by atoms with van der Waals surface area (Å²) in [5.74, 6) is 0.934. The molecular formula is C20H26FN3O. The number of halogens is 1. The van der Waals surface area contributed by atoms with Gasteiger partial charge < -0.3 is 15.4 Å². The third-order valence-corrected chi connectivity index (χ3v) is 4.09. The molecule has 0 bridgehead atoms. The predicted molar refractivity (Wildman–Crippen MR) is 101 cm³/mol. The standard InChI is InChI=1S/C20H26FN3O/c1-14-6-5-7-17(10-14)15(2)12-23-20(22-3)24-13-16-8-9-19(25-4)18(21)11-16/h5-11,15H,12-13H2,1-4H3,(H2,22,23,24). The van der Waals surface area contributed by atoms with Crippen LogP contribution in [0.3, 0.4) is 0 Å². The number of aliphatic imine (C=N–C) groups is 1. The van der Waals surface area contributed by atoms with Crippen molar-refractivity contribution in [2.45, 2.75) is 26.3 Å². The Morgan fingerprint density at radius 2 is 2.00 bits per heavy atom. The van der Waals surface area contributed by atoms with Crippen molar-refractivity contribution in [1.29, 1.82) is 0 Å². The van der Waals surface area contributed by atoms with Crippen LogP contribution in [0, 0.1) is 12.7 Å². The predicted octanol–water partition coefficient (Wildman–Crippen LogP) is 3.61. The Morgan fingerprint density at radius 3 is 2.64 bits per heavy atom. The first-order chi connectivity index (χ1) is 12.0. The van der Waals surface area contributed by atoms with Crippen LogP contribution in [0.2, 0.25) is 0 Å². The fourth-order valence-electron chi connectivity index (χ4n) is 2.57. The number of benzene rings is 2. The number of nitrogens with one attached hydrogen (secondary N) is 2. The summed E-state index contributed by atoms with van der Waals surface area (Å²) in [5, 5.41) is 6.52. The summed E-state index contributed by atoms with van der Waals surface area (Å²) >= 11 is 0. The minimum Gasteiger partial charge on any atom is -0.494 e. The number of aryl methyl sites for hydroxylation is 1. The number of guanidine groups is 1. The van der Waals surface area contributed by atoms with E-state index in [0.717, 1.165) is 12.1 Å². The van der Waals surface area contributed by atoms with E-state index in [9.17, 15) is 4.39 Å². The molecule has 0 aliphatic rings. The van der Waals surface area contributed by atoms with Gasteiger partial charge in [-0.15, -0.1) is 0 Å². The van der Waals surface area contributed by atoms with Crippen LogP contribution in [0.25, 0.3) is 0 Å². The van der Waals surface area contributed by atoms with Gasteiger partial charge in [0.15, 0.2) is 17.5 Å². The molecule has 0 spiro atoms. The first-order valence-corrected chi connectivity index (χ1v) is 8.37. The summed E-state index contributed by atoms with van der Waals surface area (Å²) in [4.78, 5) is 4.22. The van der Waals surface area contributed by atoms with Gasteiger partial charge >= 0.3 is 0 Å². The molecule has 0 fully saturated rings. The van der Waals surface area contributed by atoms with Crippen LogP contribution in [0.5, 0.6) is 5.75 Å². The highest BCUT2D eigenvalue weighted by Crippen LogP contribution is 2.17. The van der Waals surface area contributed by atoms with E-state index in [-0.39, 0.29) is 11.6 Å². The molecule has 2 N–H and O–H groups in total. The molecule has 0 saturated heterocycles. The molecule has 5 heteroatoms. The van der Waals surface area contributed by atoms with Crippen LogP contribution in [-0.4, -0.2) is 26.7 Å². The van der Waals surface area contributed by atoms with Gasteiger partial charge in [-0.05, 0) is 36.1 Å². The van der Waals surface area contributed by atoms with Crippen molar-refractivity contribution in [3.05, 3.63) is 65.0 Å². The Morgan fingerprint density at radius 1 is 1.20 bits per heavy atom. The van der Waals surface area contributed by atoms with Crippen molar-refractivity contribution in [2.24, 2.45) is 4.99 Å². The molecule has 2 aromatic rings. The first kappa shape index (κ1) is 18.8. The second kappa shape index (κ2) is 9.06. The molecule has 1 atom stereocenters. The molecule has 0 radical (unpaired) electrons. The third-order valence-electron chi connectivity index (χ3n) is 4.09. The quantitative estimate of drug-likeness (QED) is 0.622. The topological polar surface area (TPSA) is 45.7 Å². The molecule has 0 aliphatic heterocycles. The number of rotatable bonds is 6. The van der Waals surface area contributed by atoms with Gasteiger partial charge in [0.05, 0.1) is 7.11 Å². The minimum absolute atomic E-state index is 0.248. The average molecular weight is 343 g/mol. The summed E-state index contributed by atoms with van der Waals surface area (Å²) in [7, 11) is 3.18. The lowest BCUT2D eigenvalue weighted by atomic mass is 9.99. The average Bonchev–Trinajstić information content (AvgIpc) is 2.61. The molecule has 2 rings (SSSR count). The summed E-state index contributed by atoms with van der Waals surface area (Å²) in [5.41, 5.74) is 3.38. The normalized spacial score (nSPS) is 12.6. The fourth-order valence-corrected chi connectivity index (χ4v) is 2.57. The molecule has 4 nitrogen and oxygen atoms in total. The first-order valence-electron chi connectivity index (χ1n) is 8.37. The molecular weight excluding hydrogens is 317 g/mol. The third kappa shape index (κ3) is 5.48. The van der Waals surface area contributed by atoms with Gasteiger partial charge in [-0.1, -0.05) is 42.8 Å². The van der Waals surface area contributed by atoms with Gasteiger partial charge in [0.25, 0.3) is 0 Å². The molecule has 0 heterocycles. The monoisotopic (exact) mass is 343 g/mol. The van der Waals surface area contributed by atoms with Crippen LogP contribution < -0.4 is 15.4 Å². The number of ether oxygens (including phenoxy) is 1. The van der Waals surface area contributed by atoms with E-state index >= 15 is 0 Å². The van der Waals surface area contributed by atoms with Crippen LogP contribution in [0.15, 0.2) is 47.5 Å². The van der Waals surface area contributed by atoms with Gasteiger partial charge in [-0.25, -0.2) is 4.39 Å². The maximum Gasteiger partial charge on any atom is 0.191 e. The maximum atomic E-state index is 13.7. The van der Waals surface area contributed by atoms with Gasteiger partial charge in [0, 0.05) is 20.1 Å². The highest BCUT2D eigenvalue weighted by molar-refractivity contribution is 5.79. The van der Waals surface area contributed by atoms with E-state index in [1.54, 1.807) is 13.1 Å². The molecule has 0 saturated carbocycles. The lowest BCUT2D eigenvalue weighted by Crippen LogP contribution is -2.38. The zero-order valence-corrected chi connectivity index (χ0v) is 15.3. The summed E-state index contributed by atoms with van der Waals surface area (Å²) < 4.78 is 18.7. The number of hydrogen-bond acceptors (Lipinski definition) is 2. The van der Waals surface area contributed by atoms with E-state index in [1.165, 1.54) is 24.3 Å².